The van der Waals surface area contributed by atoms with E-state index in [-0.39, 0.29) is 18.2 Å². The van der Waals surface area contributed by atoms with Crippen LogP contribution < -0.4 is 0 Å². The van der Waals surface area contributed by atoms with Crippen LogP contribution in [0.15, 0.2) is 24.3 Å². The third kappa shape index (κ3) is 3.44. The second-order valence-corrected chi connectivity index (χ2v) is 7.56. The number of aromatic amines is 1. The first-order valence-corrected chi connectivity index (χ1v) is 9.30. The van der Waals surface area contributed by atoms with E-state index in [1.54, 1.807) is 26.0 Å². The molecular weight excluding hydrogens is 366 g/mol. The summed E-state index contributed by atoms with van der Waals surface area (Å²) in [7, 11) is 0. The van der Waals surface area contributed by atoms with Crippen molar-refractivity contribution in [2.45, 2.75) is 45.4 Å². The van der Waals surface area contributed by atoms with E-state index >= 15 is 0 Å². The summed E-state index contributed by atoms with van der Waals surface area (Å²) >= 11 is 5.94. The number of hydrogen-bond donors (Lipinski definition) is 1. The van der Waals surface area contributed by atoms with Crippen molar-refractivity contribution >= 4 is 29.1 Å². The second-order valence-electron chi connectivity index (χ2n) is 7.12. The van der Waals surface area contributed by atoms with Crippen LogP contribution in [0.5, 0.6) is 0 Å². The molecule has 0 amide bonds. The summed E-state index contributed by atoms with van der Waals surface area (Å²) in [6, 6.07) is 7.18. The average molecular weight is 388 g/mol. The van der Waals surface area contributed by atoms with Gasteiger partial charge in [-0.2, -0.15) is 0 Å². The van der Waals surface area contributed by atoms with E-state index in [1.807, 2.05) is 12.1 Å². The molecule has 142 valence electrons. The van der Waals surface area contributed by atoms with Crippen LogP contribution in [0.2, 0.25) is 5.02 Å². The van der Waals surface area contributed by atoms with Gasteiger partial charge in [0, 0.05) is 16.3 Å². The van der Waals surface area contributed by atoms with Gasteiger partial charge in [-0.25, -0.2) is 0 Å². The van der Waals surface area contributed by atoms with Gasteiger partial charge in [-0.3, -0.25) is 14.4 Å². The Morgan fingerprint density at radius 2 is 1.78 bits per heavy atom. The number of carbonyl (C=O) groups excluding carboxylic acids is 3. The molecule has 1 aromatic carbocycles. The molecule has 1 heterocycles. The molecule has 0 atom stereocenters. The first-order valence-electron chi connectivity index (χ1n) is 8.93. The molecule has 6 heteroatoms. The highest BCUT2D eigenvalue weighted by molar-refractivity contribution is 6.30. The summed E-state index contributed by atoms with van der Waals surface area (Å²) in [6.45, 7) is 4.57. The number of H-pyrrole nitrogens is 1. The van der Waals surface area contributed by atoms with Gasteiger partial charge in [-0.05, 0) is 56.9 Å². The number of aromatic nitrogens is 1. The van der Waals surface area contributed by atoms with E-state index in [2.05, 4.69) is 4.98 Å². The predicted octanol–water partition coefficient (Wildman–Crippen LogP) is 4.34. The molecule has 0 saturated heterocycles. The van der Waals surface area contributed by atoms with Crippen LogP contribution in [0, 0.1) is 13.8 Å². The minimum atomic E-state index is -0.698. The Labute approximate surface area is 163 Å². The first kappa shape index (κ1) is 19.4. The molecule has 0 bridgehead atoms. The number of nitrogens with one attached hydrogen (secondary N) is 1. The zero-order valence-corrected chi connectivity index (χ0v) is 16.4. The molecule has 1 aliphatic rings. The number of aryl methyl sites for hydroxylation is 1. The minimum Gasteiger partial charge on any atom is -0.457 e. The van der Waals surface area contributed by atoms with E-state index < -0.39 is 11.4 Å². The zero-order chi connectivity index (χ0) is 19.8. The summed E-state index contributed by atoms with van der Waals surface area (Å²) in [6.07, 6.45) is 2.32. The summed E-state index contributed by atoms with van der Waals surface area (Å²) in [5, 5.41) is 0.607. The van der Waals surface area contributed by atoms with Crippen molar-refractivity contribution in [3.8, 4) is 0 Å². The smallest absolute Gasteiger partial charge is 0.317 e. The largest absolute Gasteiger partial charge is 0.457 e. The van der Waals surface area contributed by atoms with Crippen LogP contribution in [-0.4, -0.2) is 29.1 Å². The van der Waals surface area contributed by atoms with Crippen molar-refractivity contribution in [3.63, 3.8) is 0 Å². The van der Waals surface area contributed by atoms with E-state index in [0.717, 1.165) is 12.0 Å². The Hall–Kier alpha value is -2.40. The van der Waals surface area contributed by atoms with Gasteiger partial charge in [-0.1, -0.05) is 30.2 Å². The normalized spacial score (nSPS) is 15.1. The fourth-order valence-corrected chi connectivity index (χ4v) is 3.93. The van der Waals surface area contributed by atoms with Gasteiger partial charge in [0.15, 0.2) is 12.4 Å². The summed E-state index contributed by atoms with van der Waals surface area (Å²) < 4.78 is 5.39. The number of halogens is 1. The minimum absolute atomic E-state index is 0.103. The number of hydrogen-bond acceptors (Lipinski definition) is 4. The fraction of sp³-hybridized carbons (Fsp3) is 0.381. The van der Waals surface area contributed by atoms with Crippen LogP contribution in [0.1, 0.15) is 63.9 Å². The van der Waals surface area contributed by atoms with Gasteiger partial charge >= 0.3 is 5.97 Å². The maximum Gasteiger partial charge on any atom is 0.317 e. The Bertz CT molecular complexity index is 907. The summed E-state index contributed by atoms with van der Waals surface area (Å²) in [5.74, 6) is -0.840. The van der Waals surface area contributed by atoms with Crippen LogP contribution in [0.3, 0.4) is 0 Å². The molecule has 5 nitrogen and oxygen atoms in total. The quantitative estimate of drug-likeness (QED) is 0.591. The van der Waals surface area contributed by atoms with Gasteiger partial charge in [0.1, 0.15) is 0 Å². The number of benzene rings is 1. The van der Waals surface area contributed by atoms with Gasteiger partial charge in [0.2, 0.25) is 5.78 Å². The van der Waals surface area contributed by atoms with Crippen molar-refractivity contribution in [1.29, 1.82) is 0 Å². The molecule has 27 heavy (non-hydrogen) atoms. The molecule has 0 aliphatic heterocycles. The zero-order valence-electron chi connectivity index (χ0n) is 15.6. The van der Waals surface area contributed by atoms with Crippen molar-refractivity contribution in [2.75, 3.05) is 6.61 Å². The number of Topliss-reactive ketones (excluding diaryl/α,β-unsaturated/α-hetero) is 2. The highest BCUT2D eigenvalue weighted by atomic mass is 35.5. The fourth-order valence-electron chi connectivity index (χ4n) is 3.81. The molecule has 1 aliphatic carbocycles. The number of ether oxygens (including phenoxy) is 1. The lowest BCUT2D eigenvalue weighted by Crippen LogP contribution is -2.44. The highest BCUT2D eigenvalue weighted by Crippen LogP contribution is 2.45. The van der Waals surface area contributed by atoms with Crippen molar-refractivity contribution in [2.24, 2.45) is 0 Å². The second kappa shape index (κ2) is 7.31. The van der Waals surface area contributed by atoms with Crippen LogP contribution >= 0.6 is 11.6 Å². The molecule has 1 aromatic heterocycles. The third-order valence-electron chi connectivity index (χ3n) is 5.40. The van der Waals surface area contributed by atoms with Gasteiger partial charge < -0.3 is 9.72 Å². The van der Waals surface area contributed by atoms with E-state index in [1.165, 1.54) is 6.92 Å². The highest BCUT2D eigenvalue weighted by Gasteiger charge is 2.47. The summed E-state index contributed by atoms with van der Waals surface area (Å²) in [5.41, 5.74) is 2.24. The Balaban J connectivity index is 1.73. The lowest BCUT2D eigenvalue weighted by molar-refractivity contribution is -0.153. The van der Waals surface area contributed by atoms with Crippen LogP contribution in [0.25, 0.3) is 0 Å². The molecule has 1 fully saturated rings. The number of carbonyl (C=O) groups is 3. The van der Waals surface area contributed by atoms with Crippen LogP contribution in [-0.2, 0) is 14.9 Å². The van der Waals surface area contributed by atoms with Gasteiger partial charge in [0.25, 0.3) is 0 Å². The first-order chi connectivity index (χ1) is 12.8. The molecule has 1 N–H and O–H groups in total. The number of rotatable bonds is 6. The van der Waals surface area contributed by atoms with Gasteiger partial charge in [-0.15, -0.1) is 0 Å². The Kier molecular flexibility index (Phi) is 5.24. The molecule has 0 unspecified atom stereocenters. The third-order valence-corrected chi connectivity index (χ3v) is 5.65. The molecule has 1 saturated carbocycles. The summed E-state index contributed by atoms with van der Waals surface area (Å²) in [4.78, 5) is 40.0. The maximum atomic E-state index is 12.8. The van der Waals surface area contributed by atoms with E-state index in [4.69, 9.17) is 16.3 Å². The lowest BCUT2D eigenvalue weighted by atomic mass is 9.64. The van der Waals surface area contributed by atoms with E-state index in [0.29, 0.717) is 40.4 Å². The molecule has 3 rings (SSSR count). The van der Waals surface area contributed by atoms with Crippen molar-refractivity contribution in [3.05, 3.63) is 57.4 Å². The molecular formula is C21H22ClNO4. The SMILES string of the molecule is CC(=O)c1c(C)[nH]c(C(=O)COC(=O)C2(c3ccc(Cl)cc3)CCC2)c1C. The van der Waals surface area contributed by atoms with Crippen LogP contribution in [0.4, 0.5) is 0 Å². The van der Waals surface area contributed by atoms with Gasteiger partial charge in [0.05, 0.1) is 11.1 Å². The Morgan fingerprint density at radius 1 is 1.15 bits per heavy atom. The predicted molar refractivity (Wildman–Crippen MR) is 103 cm³/mol. The molecule has 0 radical (unpaired) electrons. The topological polar surface area (TPSA) is 76.2 Å². The molecule has 0 spiro atoms. The number of esters is 1. The lowest BCUT2D eigenvalue weighted by Gasteiger charge is -2.39. The monoisotopic (exact) mass is 387 g/mol. The standard InChI is InChI=1S/C21H22ClNO4/c1-12-18(14(3)24)13(2)23-19(12)17(25)11-27-20(26)21(9-4-10-21)15-5-7-16(22)8-6-15/h5-8,23H,4,9-11H2,1-3H3. The maximum absolute atomic E-state index is 12.8. The average Bonchev–Trinajstić information content (AvgIpc) is 2.88. The number of ketones is 2. The van der Waals surface area contributed by atoms with E-state index in [9.17, 15) is 14.4 Å². The van der Waals surface area contributed by atoms with Crippen molar-refractivity contribution < 1.29 is 19.1 Å². The molecule has 2 aromatic rings. The Morgan fingerprint density at radius 3 is 2.26 bits per heavy atom. The van der Waals surface area contributed by atoms with Crippen molar-refractivity contribution in [1.82, 2.24) is 4.98 Å².